The van der Waals surface area contributed by atoms with Crippen LogP contribution >= 0.6 is 0 Å². The summed E-state index contributed by atoms with van der Waals surface area (Å²) >= 11 is 0. The Kier molecular flexibility index (Phi) is 2.80. The predicted octanol–water partition coefficient (Wildman–Crippen LogP) is 1.81. The molecule has 4 nitrogen and oxygen atoms in total. The van der Waals surface area contributed by atoms with Crippen LogP contribution in [0.5, 0.6) is 5.75 Å². The summed E-state index contributed by atoms with van der Waals surface area (Å²) < 4.78 is 0. The summed E-state index contributed by atoms with van der Waals surface area (Å²) in [5.74, 6) is 0.153. The zero-order valence-electron chi connectivity index (χ0n) is 10.0. The zero-order valence-corrected chi connectivity index (χ0v) is 10.0. The van der Waals surface area contributed by atoms with E-state index in [-0.39, 0.29) is 5.75 Å². The van der Waals surface area contributed by atoms with Gasteiger partial charge in [-0.3, -0.25) is 4.99 Å². The molecular formula is C14H10BN3O. The van der Waals surface area contributed by atoms with Crippen molar-refractivity contribution in [2.75, 3.05) is 0 Å². The number of H-pyrrole nitrogens is 1. The first-order valence-corrected chi connectivity index (χ1v) is 5.78. The molecule has 0 aliphatic rings. The Morgan fingerprint density at radius 3 is 3.00 bits per heavy atom. The molecule has 2 aromatic carbocycles. The minimum atomic E-state index is 0.153. The maximum absolute atomic E-state index is 9.69. The molecule has 0 amide bonds. The van der Waals surface area contributed by atoms with Gasteiger partial charge in [0.1, 0.15) is 13.6 Å². The quantitative estimate of drug-likeness (QED) is 0.535. The van der Waals surface area contributed by atoms with E-state index in [9.17, 15) is 5.11 Å². The second-order valence-electron chi connectivity index (χ2n) is 4.18. The molecule has 1 heterocycles. The minimum Gasteiger partial charge on any atom is -0.507 e. The summed E-state index contributed by atoms with van der Waals surface area (Å²) in [6.45, 7) is 0. The van der Waals surface area contributed by atoms with E-state index in [1.165, 1.54) is 0 Å². The molecule has 0 aliphatic heterocycles. The number of hydrogen-bond donors (Lipinski definition) is 2. The number of aromatic nitrogens is 2. The van der Waals surface area contributed by atoms with Gasteiger partial charge in [-0.15, -0.1) is 0 Å². The lowest BCUT2D eigenvalue weighted by Gasteiger charge is -2.00. The Morgan fingerprint density at radius 1 is 1.21 bits per heavy atom. The molecule has 90 valence electrons. The number of aliphatic imine (C=N–C) groups is 1. The lowest BCUT2D eigenvalue weighted by Crippen LogP contribution is -2.02. The van der Waals surface area contributed by atoms with E-state index in [2.05, 4.69) is 15.0 Å². The van der Waals surface area contributed by atoms with Crippen molar-refractivity contribution < 1.29 is 5.11 Å². The number of imidazole rings is 1. The van der Waals surface area contributed by atoms with E-state index in [4.69, 9.17) is 7.85 Å². The lowest BCUT2D eigenvalue weighted by atomic mass is 9.94. The van der Waals surface area contributed by atoms with E-state index in [0.717, 1.165) is 16.7 Å². The fourth-order valence-electron chi connectivity index (χ4n) is 1.82. The lowest BCUT2D eigenvalue weighted by molar-refractivity contribution is 0.474. The molecule has 0 spiro atoms. The number of aromatic hydroxyl groups is 1. The van der Waals surface area contributed by atoms with Crippen LogP contribution in [0.15, 0.2) is 47.7 Å². The van der Waals surface area contributed by atoms with E-state index >= 15 is 0 Å². The fourth-order valence-corrected chi connectivity index (χ4v) is 1.82. The fraction of sp³-hybridized carbons (Fsp3) is 0. The third kappa shape index (κ3) is 2.35. The molecular weight excluding hydrogens is 237 g/mol. The Balaban J connectivity index is 1.95. The number of nitrogens with zero attached hydrogens (tertiary/aromatic N) is 2. The molecule has 1 aromatic heterocycles. The van der Waals surface area contributed by atoms with Crippen molar-refractivity contribution in [2.45, 2.75) is 0 Å². The molecule has 3 rings (SSSR count). The topological polar surface area (TPSA) is 61.3 Å². The molecule has 3 aromatic rings. The van der Waals surface area contributed by atoms with Gasteiger partial charge >= 0.3 is 0 Å². The second kappa shape index (κ2) is 4.61. The van der Waals surface area contributed by atoms with Crippen LogP contribution in [-0.2, 0) is 0 Å². The van der Waals surface area contributed by atoms with Gasteiger partial charge in [-0.25, -0.2) is 4.98 Å². The van der Waals surface area contributed by atoms with Gasteiger partial charge in [0.05, 0.1) is 23.0 Å². The third-order valence-electron chi connectivity index (χ3n) is 2.81. The van der Waals surface area contributed by atoms with Crippen LogP contribution in [0.4, 0.5) is 5.69 Å². The van der Waals surface area contributed by atoms with Crippen molar-refractivity contribution in [1.29, 1.82) is 0 Å². The van der Waals surface area contributed by atoms with Crippen LogP contribution < -0.4 is 5.46 Å². The Morgan fingerprint density at radius 2 is 2.11 bits per heavy atom. The summed E-state index contributed by atoms with van der Waals surface area (Å²) in [7, 11) is 5.67. The maximum Gasteiger partial charge on any atom is 0.124 e. The van der Waals surface area contributed by atoms with Crippen LogP contribution in [-0.4, -0.2) is 29.1 Å². The van der Waals surface area contributed by atoms with Gasteiger partial charge in [-0.2, -0.15) is 0 Å². The Labute approximate surface area is 111 Å². The number of phenolic OH excluding ortho intramolecular Hbond substituents is 1. The van der Waals surface area contributed by atoms with Gasteiger partial charge in [0.15, 0.2) is 0 Å². The molecule has 0 bridgehead atoms. The zero-order chi connectivity index (χ0) is 13.2. The summed E-state index contributed by atoms with van der Waals surface area (Å²) in [5.41, 5.74) is 3.77. The number of phenols is 1. The summed E-state index contributed by atoms with van der Waals surface area (Å²) in [6, 6.07) is 10.5. The molecule has 5 heteroatoms. The van der Waals surface area contributed by atoms with Gasteiger partial charge in [-0.05, 0) is 24.3 Å². The second-order valence-corrected chi connectivity index (χ2v) is 4.18. The Bertz CT molecular complexity index is 764. The molecule has 0 aliphatic carbocycles. The summed E-state index contributed by atoms with van der Waals surface area (Å²) in [5, 5.41) is 9.69. The molecule has 0 fully saturated rings. The van der Waals surface area contributed by atoms with Crippen LogP contribution in [0.3, 0.4) is 0 Å². The largest absolute Gasteiger partial charge is 0.507 e. The third-order valence-corrected chi connectivity index (χ3v) is 2.81. The van der Waals surface area contributed by atoms with Crippen LogP contribution in [0.1, 0.15) is 5.56 Å². The van der Waals surface area contributed by atoms with Crippen molar-refractivity contribution in [3.63, 3.8) is 0 Å². The summed E-state index contributed by atoms with van der Waals surface area (Å²) in [4.78, 5) is 11.5. The Hall–Kier alpha value is -2.56. The highest BCUT2D eigenvalue weighted by Crippen LogP contribution is 2.19. The van der Waals surface area contributed by atoms with Crippen molar-refractivity contribution in [3.05, 3.63) is 48.3 Å². The minimum absolute atomic E-state index is 0.153. The highest BCUT2D eigenvalue weighted by atomic mass is 16.3. The van der Waals surface area contributed by atoms with Crippen molar-refractivity contribution in [3.8, 4) is 5.75 Å². The normalized spacial score (nSPS) is 11.4. The first-order valence-electron chi connectivity index (χ1n) is 5.78. The SMILES string of the molecule is [B]c1ccc(O)c(C=Nc2ccc3nc[nH]c3c2)c1. The van der Waals surface area contributed by atoms with Crippen molar-refractivity contribution in [2.24, 2.45) is 4.99 Å². The molecule has 2 N–H and O–H groups in total. The van der Waals surface area contributed by atoms with Gasteiger partial charge in [0.2, 0.25) is 0 Å². The van der Waals surface area contributed by atoms with Gasteiger partial charge in [0, 0.05) is 11.8 Å². The first-order chi connectivity index (χ1) is 9.22. The highest BCUT2D eigenvalue weighted by molar-refractivity contribution is 6.32. The van der Waals surface area contributed by atoms with Gasteiger partial charge in [0.25, 0.3) is 0 Å². The molecule has 2 radical (unpaired) electrons. The molecule has 0 unspecified atom stereocenters. The molecule has 0 saturated heterocycles. The number of hydrogen-bond acceptors (Lipinski definition) is 3. The number of benzene rings is 2. The van der Waals surface area contributed by atoms with E-state index in [1.807, 2.05) is 18.2 Å². The van der Waals surface area contributed by atoms with E-state index in [1.54, 1.807) is 30.7 Å². The number of rotatable bonds is 2. The van der Waals surface area contributed by atoms with Crippen molar-refractivity contribution in [1.82, 2.24) is 9.97 Å². The smallest absolute Gasteiger partial charge is 0.124 e. The molecule has 0 saturated carbocycles. The van der Waals surface area contributed by atoms with Gasteiger partial charge < -0.3 is 10.1 Å². The average molecular weight is 247 g/mol. The van der Waals surface area contributed by atoms with Crippen LogP contribution in [0, 0.1) is 0 Å². The van der Waals surface area contributed by atoms with Gasteiger partial charge in [-0.1, -0.05) is 17.6 Å². The predicted molar refractivity (Wildman–Crippen MR) is 76.8 cm³/mol. The maximum atomic E-state index is 9.69. The summed E-state index contributed by atoms with van der Waals surface area (Å²) in [6.07, 6.45) is 3.23. The highest BCUT2D eigenvalue weighted by Gasteiger charge is 1.99. The molecule has 0 atom stereocenters. The number of fused-ring (bicyclic) bond motifs is 1. The monoisotopic (exact) mass is 247 g/mol. The first kappa shape index (κ1) is 11.5. The van der Waals surface area contributed by atoms with Crippen molar-refractivity contribution >= 4 is 36.2 Å². The number of aromatic amines is 1. The standard InChI is InChI=1S/C14H10BN3O/c15-10-1-4-14(19)9(5-10)7-16-11-2-3-12-13(6-11)18-8-17-12/h1-8,19H,(H,17,18). The van der Waals surface area contributed by atoms with Crippen LogP contribution in [0.2, 0.25) is 0 Å². The number of nitrogens with one attached hydrogen (secondary N) is 1. The average Bonchev–Trinajstić information content (AvgIpc) is 2.87. The molecule has 19 heavy (non-hydrogen) atoms. The van der Waals surface area contributed by atoms with Crippen LogP contribution in [0.25, 0.3) is 11.0 Å². The van der Waals surface area contributed by atoms with E-state index < -0.39 is 0 Å². The van der Waals surface area contributed by atoms with E-state index in [0.29, 0.717) is 11.0 Å².